The minimum Gasteiger partial charge on any atom is -0.385 e. The molecule has 0 aliphatic carbocycles. The molecule has 14 heavy (non-hydrogen) atoms. The molecule has 0 spiro atoms. The van der Waals surface area contributed by atoms with Crippen molar-refractivity contribution in [2.75, 3.05) is 20.3 Å². The van der Waals surface area contributed by atoms with Crippen LogP contribution in [0.15, 0.2) is 0 Å². The van der Waals surface area contributed by atoms with Crippen LogP contribution in [0.25, 0.3) is 0 Å². The van der Waals surface area contributed by atoms with Crippen molar-refractivity contribution < 1.29 is 9.47 Å². The van der Waals surface area contributed by atoms with Gasteiger partial charge in [0.05, 0.1) is 6.10 Å². The summed E-state index contributed by atoms with van der Waals surface area (Å²) in [5.74, 6) is 6.04. The van der Waals surface area contributed by atoms with E-state index in [1.807, 2.05) is 0 Å². The molecule has 0 aromatic rings. The second-order valence-corrected chi connectivity index (χ2v) is 4.00. The summed E-state index contributed by atoms with van der Waals surface area (Å²) in [6, 6.07) is 0.257. The van der Waals surface area contributed by atoms with Gasteiger partial charge in [-0.15, -0.1) is 0 Å². The lowest BCUT2D eigenvalue weighted by Gasteiger charge is -2.27. The number of hydrogen-bond acceptors (Lipinski definition) is 4. The monoisotopic (exact) mass is 202 g/mol. The van der Waals surface area contributed by atoms with Crippen LogP contribution in [0.1, 0.15) is 26.2 Å². The van der Waals surface area contributed by atoms with E-state index in [9.17, 15) is 0 Å². The Labute approximate surface area is 86.1 Å². The largest absolute Gasteiger partial charge is 0.385 e. The molecule has 3 N–H and O–H groups in total. The molecule has 1 aliphatic rings. The van der Waals surface area contributed by atoms with E-state index in [1.54, 1.807) is 7.11 Å². The van der Waals surface area contributed by atoms with E-state index < -0.39 is 0 Å². The third-order valence-electron chi connectivity index (χ3n) is 2.95. The second-order valence-electron chi connectivity index (χ2n) is 4.00. The summed E-state index contributed by atoms with van der Waals surface area (Å²) in [6.07, 6.45) is 3.57. The molecule has 1 heterocycles. The third-order valence-corrected chi connectivity index (χ3v) is 2.95. The molecule has 0 aromatic carbocycles. The predicted molar refractivity (Wildman–Crippen MR) is 55.7 cm³/mol. The van der Waals surface area contributed by atoms with Gasteiger partial charge in [0.25, 0.3) is 0 Å². The van der Waals surface area contributed by atoms with Gasteiger partial charge in [0.15, 0.2) is 0 Å². The lowest BCUT2D eigenvalue weighted by atomic mass is 9.93. The van der Waals surface area contributed by atoms with E-state index >= 15 is 0 Å². The van der Waals surface area contributed by atoms with Gasteiger partial charge in [0.2, 0.25) is 0 Å². The summed E-state index contributed by atoms with van der Waals surface area (Å²) < 4.78 is 10.7. The van der Waals surface area contributed by atoms with Gasteiger partial charge in [0.1, 0.15) is 0 Å². The first-order chi connectivity index (χ1) is 6.79. The molecule has 0 saturated carbocycles. The van der Waals surface area contributed by atoms with Gasteiger partial charge in [-0.2, -0.15) is 0 Å². The summed E-state index contributed by atoms with van der Waals surface area (Å²) >= 11 is 0. The van der Waals surface area contributed by atoms with Crippen molar-refractivity contribution >= 4 is 0 Å². The third kappa shape index (κ3) is 3.20. The lowest BCUT2D eigenvalue weighted by Crippen LogP contribution is -2.48. The average Bonchev–Trinajstić information content (AvgIpc) is 2.69. The molecule has 1 saturated heterocycles. The van der Waals surface area contributed by atoms with Crippen LogP contribution < -0.4 is 11.3 Å². The number of nitrogens with two attached hydrogens (primary N) is 1. The fourth-order valence-corrected chi connectivity index (χ4v) is 2.01. The molecular formula is C10H22N2O2. The number of rotatable bonds is 6. The van der Waals surface area contributed by atoms with Crippen molar-refractivity contribution in [2.45, 2.75) is 38.3 Å². The molecule has 1 aliphatic heterocycles. The van der Waals surface area contributed by atoms with Crippen molar-refractivity contribution in [2.24, 2.45) is 11.8 Å². The highest BCUT2D eigenvalue weighted by molar-refractivity contribution is 4.82. The predicted octanol–water partition coefficient (Wildman–Crippen LogP) is 0.670. The topological polar surface area (TPSA) is 56.5 Å². The zero-order valence-electron chi connectivity index (χ0n) is 9.16. The fourth-order valence-electron chi connectivity index (χ4n) is 2.01. The van der Waals surface area contributed by atoms with Crippen molar-refractivity contribution in [3.05, 3.63) is 0 Å². The molecule has 1 rings (SSSR count). The summed E-state index contributed by atoms with van der Waals surface area (Å²) in [6.45, 7) is 3.84. The van der Waals surface area contributed by atoms with Gasteiger partial charge in [-0.1, -0.05) is 6.92 Å². The van der Waals surface area contributed by atoms with Crippen LogP contribution in [0, 0.1) is 5.92 Å². The summed E-state index contributed by atoms with van der Waals surface area (Å²) in [4.78, 5) is 0. The second kappa shape index (κ2) is 6.35. The van der Waals surface area contributed by atoms with E-state index in [4.69, 9.17) is 15.3 Å². The van der Waals surface area contributed by atoms with E-state index in [1.165, 1.54) is 0 Å². The lowest BCUT2D eigenvalue weighted by molar-refractivity contribution is 0.0531. The van der Waals surface area contributed by atoms with E-state index in [2.05, 4.69) is 12.3 Å². The molecule has 0 aromatic heterocycles. The molecular weight excluding hydrogens is 180 g/mol. The van der Waals surface area contributed by atoms with Crippen LogP contribution in [-0.4, -0.2) is 32.5 Å². The van der Waals surface area contributed by atoms with Gasteiger partial charge in [0, 0.05) is 26.4 Å². The quantitative estimate of drug-likeness (QED) is 0.491. The van der Waals surface area contributed by atoms with E-state index in [-0.39, 0.29) is 12.1 Å². The van der Waals surface area contributed by atoms with Gasteiger partial charge < -0.3 is 9.47 Å². The highest BCUT2D eigenvalue weighted by Gasteiger charge is 2.28. The molecule has 84 valence electrons. The zero-order valence-corrected chi connectivity index (χ0v) is 9.16. The first-order valence-corrected chi connectivity index (χ1v) is 5.36. The SMILES string of the molecule is COCCC(C)C(NN)C1CCCO1. The van der Waals surface area contributed by atoms with Gasteiger partial charge in [-0.05, 0) is 25.2 Å². The Bertz CT molecular complexity index is 149. The Balaban J connectivity index is 2.34. The molecule has 4 heteroatoms. The smallest absolute Gasteiger partial charge is 0.0744 e. The van der Waals surface area contributed by atoms with Crippen LogP contribution in [-0.2, 0) is 9.47 Å². The number of methoxy groups -OCH3 is 1. The Kier molecular flexibility index (Phi) is 5.40. The van der Waals surface area contributed by atoms with Gasteiger partial charge in [-0.3, -0.25) is 11.3 Å². The molecule has 0 amide bonds. The van der Waals surface area contributed by atoms with Crippen molar-refractivity contribution in [1.82, 2.24) is 5.43 Å². The molecule has 0 radical (unpaired) electrons. The van der Waals surface area contributed by atoms with Crippen LogP contribution in [0.4, 0.5) is 0 Å². The molecule has 0 bridgehead atoms. The highest BCUT2D eigenvalue weighted by Crippen LogP contribution is 2.21. The Morgan fingerprint density at radius 3 is 2.93 bits per heavy atom. The molecule has 3 unspecified atom stereocenters. The first-order valence-electron chi connectivity index (χ1n) is 5.36. The first kappa shape index (κ1) is 11.9. The van der Waals surface area contributed by atoms with Crippen LogP contribution in [0.2, 0.25) is 0 Å². The number of hydrazine groups is 1. The standard InChI is InChI=1S/C10H22N2O2/c1-8(5-7-13-2)10(12-11)9-4-3-6-14-9/h8-10,12H,3-7,11H2,1-2H3. The molecule has 4 nitrogen and oxygen atoms in total. The maximum absolute atomic E-state index is 5.62. The Morgan fingerprint density at radius 2 is 2.43 bits per heavy atom. The van der Waals surface area contributed by atoms with Crippen molar-refractivity contribution in [3.63, 3.8) is 0 Å². The van der Waals surface area contributed by atoms with Crippen LogP contribution in [0.3, 0.4) is 0 Å². The fraction of sp³-hybridized carbons (Fsp3) is 1.00. The van der Waals surface area contributed by atoms with Gasteiger partial charge >= 0.3 is 0 Å². The highest BCUT2D eigenvalue weighted by atomic mass is 16.5. The number of ether oxygens (including phenoxy) is 2. The minimum absolute atomic E-state index is 0.257. The van der Waals surface area contributed by atoms with E-state index in [0.717, 1.165) is 32.5 Å². The molecule has 1 fully saturated rings. The summed E-state index contributed by atoms with van der Waals surface area (Å²) in [7, 11) is 1.73. The molecule has 3 atom stereocenters. The number of nitrogens with one attached hydrogen (secondary N) is 1. The normalized spacial score (nSPS) is 26.4. The average molecular weight is 202 g/mol. The van der Waals surface area contributed by atoms with Crippen LogP contribution in [0.5, 0.6) is 0 Å². The maximum atomic E-state index is 5.62. The minimum atomic E-state index is 0.257. The van der Waals surface area contributed by atoms with Crippen molar-refractivity contribution in [3.8, 4) is 0 Å². The van der Waals surface area contributed by atoms with E-state index in [0.29, 0.717) is 5.92 Å². The maximum Gasteiger partial charge on any atom is 0.0744 e. The zero-order chi connectivity index (χ0) is 10.4. The Morgan fingerprint density at radius 1 is 1.64 bits per heavy atom. The van der Waals surface area contributed by atoms with Gasteiger partial charge in [-0.25, -0.2) is 0 Å². The van der Waals surface area contributed by atoms with Crippen molar-refractivity contribution in [1.29, 1.82) is 0 Å². The summed E-state index contributed by atoms with van der Waals surface area (Å²) in [5.41, 5.74) is 2.87. The van der Waals surface area contributed by atoms with Crippen LogP contribution >= 0.6 is 0 Å². The summed E-state index contributed by atoms with van der Waals surface area (Å²) in [5, 5.41) is 0. The Hall–Kier alpha value is -0.160. The number of hydrogen-bond donors (Lipinski definition) is 2.